The van der Waals surface area contributed by atoms with Crippen molar-refractivity contribution in [3.05, 3.63) is 27.8 Å². The van der Waals surface area contributed by atoms with Crippen LogP contribution in [0.4, 0.5) is 5.69 Å². The van der Waals surface area contributed by atoms with E-state index in [1.807, 2.05) is 13.8 Å². The Hall–Kier alpha value is -2.84. The number of nitro benzene ring substituents is 1. The Bertz CT molecular complexity index is 673. The van der Waals surface area contributed by atoms with Gasteiger partial charge in [-0.05, 0) is 19.3 Å². The number of carbonyl (C=O) groups excluding carboxylic acids is 1. The van der Waals surface area contributed by atoms with E-state index in [1.54, 1.807) is 6.92 Å². The van der Waals surface area contributed by atoms with Crippen LogP contribution in [0.1, 0.15) is 37.6 Å². The molecule has 0 aliphatic heterocycles. The number of carboxylic acids is 1. The number of nitro groups is 1. The average Bonchev–Trinajstić information content (AvgIpc) is 2.57. The quantitative estimate of drug-likeness (QED) is 0.479. The molecule has 144 valence electrons. The van der Waals surface area contributed by atoms with Crippen molar-refractivity contribution in [3.8, 4) is 11.5 Å². The fourth-order valence-electron chi connectivity index (χ4n) is 2.46. The van der Waals surface area contributed by atoms with Crippen molar-refractivity contribution in [2.24, 2.45) is 11.8 Å². The number of ether oxygens (including phenoxy) is 2. The van der Waals surface area contributed by atoms with Crippen molar-refractivity contribution in [1.29, 1.82) is 0 Å². The highest BCUT2D eigenvalue weighted by Crippen LogP contribution is 2.34. The highest BCUT2D eigenvalue weighted by molar-refractivity contribution is 5.99. The van der Waals surface area contributed by atoms with Gasteiger partial charge < -0.3 is 19.9 Å². The van der Waals surface area contributed by atoms with E-state index in [1.165, 1.54) is 13.2 Å². The summed E-state index contributed by atoms with van der Waals surface area (Å²) in [7, 11) is 1.34. The molecule has 1 rings (SSSR count). The Labute approximate surface area is 151 Å². The first-order valence-electron chi connectivity index (χ1n) is 8.21. The van der Waals surface area contributed by atoms with E-state index in [0.717, 1.165) is 6.07 Å². The predicted octanol–water partition coefficient (Wildman–Crippen LogP) is 2.48. The van der Waals surface area contributed by atoms with Gasteiger partial charge in [0.15, 0.2) is 11.5 Å². The highest BCUT2D eigenvalue weighted by Gasteiger charge is 2.26. The van der Waals surface area contributed by atoms with Crippen LogP contribution in [0, 0.1) is 22.0 Å². The number of nitrogens with one attached hydrogen (secondary N) is 1. The molecule has 1 aromatic carbocycles. The molecule has 0 spiro atoms. The number of carboxylic acid groups (broad SMARTS) is 1. The Morgan fingerprint density at radius 1 is 1.31 bits per heavy atom. The molecule has 0 fully saturated rings. The minimum Gasteiger partial charge on any atom is -0.493 e. The summed E-state index contributed by atoms with van der Waals surface area (Å²) in [6.45, 7) is 5.63. The van der Waals surface area contributed by atoms with E-state index in [0.29, 0.717) is 6.42 Å². The number of nitrogens with zero attached hydrogens (tertiary/aromatic N) is 1. The summed E-state index contributed by atoms with van der Waals surface area (Å²) in [5.41, 5.74) is -0.661. The molecule has 0 aliphatic rings. The second-order valence-electron chi connectivity index (χ2n) is 6.09. The van der Waals surface area contributed by atoms with Gasteiger partial charge in [-0.15, -0.1) is 0 Å². The molecule has 1 amide bonds. The summed E-state index contributed by atoms with van der Waals surface area (Å²) in [5.74, 6) is -2.08. The Kier molecular flexibility index (Phi) is 7.82. The number of carbonyl (C=O) groups is 2. The molecule has 9 nitrogen and oxygen atoms in total. The summed E-state index contributed by atoms with van der Waals surface area (Å²) < 4.78 is 10.4. The summed E-state index contributed by atoms with van der Waals surface area (Å²) in [4.78, 5) is 34.3. The summed E-state index contributed by atoms with van der Waals surface area (Å²) in [5, 5.41) is 23.0. The fraction of sp³-hybridized carbons (Fsp3) is 0.529. The molecule has 0 bridgehead atoms. The molecule has 0 aliphatic carbocycles. The second-order valence-corrected chi connectivity index (χ2v) is 6.09. The van der Waals surface area contributed by atoms with Gasteiger partial charge in [0.25, 0.3) is 11.6 Å². The van der Waals surface area contributed by atoms with Crippen LogP contribution in [-0.4, -0.2) is 42.2 Å². The Balaban J connectivity index is 3.11. The molecule has 2 N–H and O–H groups in total. The van der Waals surface area contributed by atoms with E-state index in [4.69, 9.17) is 9.47 Å². The molecule has 1 atom stereocenters. The largest absolute Gasteiger partial charge is 0.493 e. The third kappa shape index (κ3) is 5.61. The van der Waals surface area contributed by atoms with Crippen LogP contribution in [0.15, 0.2) is 12.1 Å². The van der Waals surface area contributed by atoms with Crippen molar-refractivity contribution < 1.29 is 29.1 Å². The van der Waals surface area contributed by atoms with Gasteiger partial charge in [0, 0.05) is 12.6 Å². The minimum absolute atomic E-state index is 0.125. The Morgan fingerprint density at radius 2 is 1.96 bits per heavy atom. The monoisotopic (exact) mass is 368 g/mol. The standard InChI is InChI=1S/C17H24N2O7/c1-5-26-15-7-12(13(19(23)24)8-14(15)25-4)16(20)18-9-11(17(21)22)6-10(2)3/h7-8,10-11H,5-6,9H2,1-4H3,(H,18,20)(H,21,22). The molecule has 9 heteroatoms. The van der Waals surface area contributed by atoms with Gasteiger partial charge in [0.2, 0.25) is 0 Å². The Morgan fingerprint density at radius 3 is 2.42 bits per heavy atom. The maximum atomic E-state index is 12.4. The van der Waals surface area contributed by atoms with Gasteiger partial charge in [-0.2, -0.15) is 0 Å². The van der Waals surface area contributed by atoms with Gasteiger partial charge >= 0.3 is 5.97 Å². The molecular formula is C17H24N2O7. The van der Waals surface area contributed by atoms with Crippen molar-refractivity contribution in [2.75, 3.05) is 20.3 Å². The van der Waals surface area contributed by atoms with Crippen molar-refractivity contribution >= 4 is 17.6 Å². The maximum Gasteiger partial charge on any atom is 0.308 e. The first kappa shape index (κ1) is 21.2. The van der Waals surface area contributed by atoms with Crippen LogP contribution in [0.25, 0.3) is 0 Å². The minimum atomic E-state index is -1.03. The molecule has 0 saturated heterocycles. The highest BCUT2D eigenvalue weighted by atomic mass is 16.6. The van der Waals surface area contributed by atoms with Crippen LogP contribution in [-0.2, 0) is 4.79 Å². The number of methoxy groups -OCH3 is 1. The molecule has 1 aromatic rings. The average molecular weight is 368 g/mol. The summed E-state index contributed by atoms with van der Waals surface area (Å²) >= 11 is 0. The first-order valence-corrected chi connectivity index (χ1v) is 8.21. The smallest absolute Gasteiger partial charge is 0.308 e. The third-order valence-electron chi connectivity index (χ3n) is 3.64. The molecule has 1 unspecified atom stereocenters. The molecule has 0 aromatic heterocycles. The zero-order valence-electron chi connectivity index (χ0n) is 15.3. The summed E-state index contributed by atoms with van der Waals surface area (Å²) in [6, 6.07) is 2.34. The van der Waals surface area contributed by atoms with E-state index in [2.05, 4.69) is 5.32 Å². The van der Waals surface area contributed by atoms with Gasteiger partial charge in [0.1, 0.15) is 5.56 Å². The lowest BCUT2D eigenvalue weighted by Gasteiger charge is -2.16. The zero-order valence-corrected chi connectivity index (χ0v) is 15.3. The second kappa shape index (κ2) is 9.59. The zero-order chi connectivity index (χ0) is 19.9. The molecule has 0 saturated carbocycles. The van der Waals surface area contributed by atoms with Gasteiger partial charge in [-0.1, -0.05) is 13.8 Å². The lowest BCUT2D eigenvalue weighted by molar-refractivity contribution is -0.385. The molecular weight excluding hydrogens is 344 g/mol. The van der Waals surface area contributed by atoms with Crippen LogP contribution in [0.3, 0.4) is 0 Å². The molecule has 0 radical (unpaired) electrons. The first-order chi connectivity index (χ1) is 12.2. The molecule has 0 heterocycles. The van der Waals surface area contributed by atoms with Crippen LogP contribution in [0.5, 0.6) is 11.5 Å². The van der Waals surface area contributed by atoms with Crippen molar-refractivity contribution in [3.63, 3.8) is 0 Å². The van der Waals surface area contributed by atoms with E-state index in [9.17, 15) is 24.8 Å². The predicted molar refractivity (Wildman–Crippen MR) is 93.7 cm³/mol. The third-order valence-corrected chi connectivity index (χ3v) is 3.64. The van der Waals surface area contributed by atoms with Gasteiger partial charge in [0.05, 0.1) is 30.6 Å². The number of hydrogen-bond donors (Lipinski definition) is 2. The lowest BCUT2D eigenvalue weighted by atomic mass is 9.97. The number of benzene rings is 1. The summed E-state index contributed by atoms with van der Waals surface area (Å²) in [6.07, 6.45) is 0.379. The number of aliphatic carboxylic acids is 1. The van der Waals surface area contributed by atoms with E-state index >= 15 is 0 Å². The van der Waals surface area contributed by atoms with Crippen LogP contribution >= 0.6 is 0 Å². The van der Waals surface area contributed by atoms with E-state index in [-0.39, 0.29) is 36.1 Å². The number of amides is 1. The molecule has 26 heavy (non-hydrogen) atoms. The van der Waals surface area contributed by atoms with Gasteiger partial charge in [-0.25, -0.2) is 0 Å². The SMILES string of the molecule is CCOc1cc(C(=O)NCC(CC(C)C)C(=O)O)c([N+](=O)[O-])cc1OC. The fourth-order valence-corrected chi connectivity index (χ4v) is 2.46. The van der Waals surface area contributed by atoms with Crippen molar-refractivity contribution in [1.82, 2.24) is 5.32 Å². The van der Waals surface area contributed by atoms with Gasteiger partial charge in [-0.3, -0.25) is 19.7 Å². The van der Waals surface area contributed by atoms with E-state index < -0.39 is 28.4 Å². The topological polar surface area (TPSA) is 128 Å². The lowest BCUT2D eigenvalue weighted by Crippen LogP contribution is -2.34. The van der Waals surface area contributed by atoms with Crippen LogP contribution in [0.2, 0.25) is 0 Å². The maximum absolute atomic E-state index is 12.4. The van der Waals surface area contributed by atoms with Crippen LogP contribution < -0.4 is 14.8 Å². The number of rotatable bonds is 10. The number of hydrogen-bond acceptors (Lipinski definition) is 6. The van der Waals surface area contributed by atoms with Crippen molar-refractivity contribution in [2.45, 2.75) is 27.2 Å². The normalized spacial score (nSPS) is 11.7.